The third-order valence-electron chi connectivity index (χ3n) is 4.89. The molecule has 0 unspecified atom stereocenters. The number of rotatable bonds is 7. The first-order valence-corrected chi connectivity index (χ1v) is 11.0. The first kappa shape index (κ1) is 23.1. The molecule has 0 radical (unpaired) electrons. The van der Waals surface area contributed by atoms with Gasteiger partial charge in [0.1, 0.15) is 0 Å². The van der Waals surface area contributed by atoms with Gasteiger partial charge in [-0.05, 0) is 25.1 Å². The van der Waals surface area contributed by atoms with Crippen LogP contribution in [0.2, 0.25) is 0 Å². The molecule has 0 aliphatic carbocycles. The number of nitrogens with zero attached hydrogens (tertiary/aromatic N) is 4. The number of nitro groups is 2. The molecule has 13 heteroatoms. The number of carbonyl (C=O) groups is 1. The Bertz CT molecular complexity index is 1160. The molecule has 0 saturated carbocycles. The smallest absolute Gasteiger partial charge is 0.311 e. The summed E-state index contributed by atoms with van der Waals surface area (Å²) in [6.45, 7) is 2.01. The molecule has 0 spiro atoms. The molecular formula is C19H20N4O8S. The second-order valence-electron chi connectivity index (χ2n) is 6.82. The van der Waals surface area contributed by atoms with Crippen LogP contribution in [0.15, 0.2) is 47.4 Å². The van der Waals surface area contributed by atoms with E-state index in [0.29, 0.717) is 0 Å². The molecule has 32 heavy (non-hydrogen) atoms. The molecule has 0 bridgehead atoms. The average molecular weight is 464 g/mol. The van der Waals surface area contributed by atoms with Crippen LogP contribution in [-0.4, -0.2) is 66.2 Å². The maximum atomic E-state index is 12.8. The van der Waals surface area contributed by atoms with Gasteiger partial charge in [-0.25, -0.2) is 8.42 Å². The van der Waals surface area contributed by atoms with Gasteiger partial charge in [0.15, 0.2) is 5.75 Å². The highest BCUT2D eigenvalue weighted by atomic mass is 32.2. The summed E-state index contributed by atoms with van der Waals surface area (Å²) in [6.07, 6.45) is 0. The van der Waals surface area contributed by atoms with E-state index in [1.54, 1.807) is 6.92 Å². The molecule has 1 saturated heterocycles. The van der Waals surface area contributed by atoms with Crippen molar-refractivity contribution in [2.75, 3.05) is 32.8 Å². The van der Waals surface area contributed by atoms with Crippen molar-refractivity contribution in [1.82, 2.24) is 9.21 Å². The summed E-state index contributed by atoms with van der Waals surface area (Å²) >= 11 is 0. The van der Waals surface area contributed by atoms with Crippen molar-refractivity contribution >= 4 is 27.3 Å². The molecule has 1 fully saturated rings. The molecule has 12 nitrogen and oxygen atoms in total. The number of benzene rings is 2. The normalized spacial score (nSPS) is 14.7. The molecule has 0 N–H and O–H groups in total. The van der Waals surface area contributed by atoms with E-state index >= 15 is 0 Å². The molecule has 170 valence electrons. The molecule has 2 aromatic carbocycles. The highest BCUT2D eigenvalue weighted by Gasteiger charge is 2.32. The molecule has 2 aromatic rings. The van der Waals surface area contributed by atoms with Crippen molar-refractivity contribution in [1.29, 1.82) is 0 Å². The summed E-state index contributed by atoms with van der Waals surface area (Å²) in [5.74, 6) is -0.412. The quantitative estimate of drug-likeness (QED) is 0.446. The zero-order chi connectivity index (χ0) is 23.5. The largest absolute Gasteiger partial charge is 0.487 e. The van der Waals surface area contributed by atoms with Crippen LogP contribution in [-0.2, 0) is 10.0 Å². The van der Waals surface area contributed by atoms with Crippen molar-refractivity contribution in [2.24, 2.45) is 0 Å². The van der Waals surface area contributed by atoms with Gasteiger partial charge < -0.3 is 9.64 Å². The third kappa shape index (κ3) is 4.68. The maximum Gasteiger partial charge on any atom is 0.311 e. The molecule has 3 rings (SSSR count). The van der Waals surface area contributed by atoms with Gasteiger partial charge in [0.2, 0.25) is 10.0 Å². The van der Waals surface area contributed by atoms with Gasteiger partial charge in [0.05, 0.1) is 21.3 Å². The standard InChI is InChI=1S/C19H20N4O8S/c1-2-31-18-7-6-14(12-17(18)23(27)28)19(24)20-8-10-21(11-9-20)32(29,30)16-5-3-4-15(13-16)22(25)26/h3-7,12-13H,2,8-11H2,1H3. The van der Waals surface area contributed by atoms with E-state index in [2.05, 4.69) is 0 Å². The van der Waals surface area contributed by atoms with Crippen molar-refractivity contribution in [2.45, 2.75) is 11.8 Å². The lowest BCUT2D eigenvalue weighted by molar-refractivity contribution is -0.385. The summed E-state index contributed by atoms with van der Waals surface area (Å²) in [7, 11) is -3.98. The molecule has 0 aromatic heterocycles. The maximum absolute atomic E-state index is 12.8. The number of nitro benzene ring substituents is 2. The molecular weight excluding hydrogens is 444 g/mol. The minimum atomic E-state index is -3.98. The van der Waals surface area contributed by atoms with Crippen LogP contribution >= 0.6 is 0 Å². The van der Waals surface area contributed by atoms with Crippen LogP contribution in [0.5, 0.6) is 5.75 Å². The van der Waals surface area contributed by atoms with Crippen molar-refractivity contribution < 1.29 is 27.8 Å². The predicted molar refractivity (Wildman–Crippen MR) is 112 cm³/mol. The minimum Gasteiger partial charge on any atom is -0.487 e. The highest BCUT2D eigenvalue weighted by Crippen LogP contribution is 2.29. The summed E-state index contributed by atoms with van der Waals surface area (Å²) in [4.78, 5) is 34.9. The number of ether oxygens (including phenoxy) is 1. The van der Waals surface area contributed by atoms with Crippen LogP contribution in [0, 0.1) is 20.2 Å². The SMILES string of the molecule is CCOc1ccc(C(=O)N2CCN(S(=O)(=O)c3cccc([N+](=O)[O-])c3)CC2)cc1[N+](=O)[O-]. The summed E-state index contributed by atoms with van der Waals surface area (Å²) in [6, 6.07) is 8.68. The number of hydrogen-bond donors (Lipinski definition) is 0. The Morgan fingerprint density at radius 2 is 1.72 bits per heavy atom. The fourth-order valence-corrected chi connectivity index (χ4v) is 4.75. The predicted octanol–water partition coefficient (Wildman–Crippen LogP) is 2.05. The fourth-order valence-electron chi connectivity index (χ4n) is 3.29. The highest BCUT2D eigenvalue weighted by molar-refractivity contribution is 7.89. The molecule has 1 heterocycles. The monoisotopic (exact) mass is 464 g/mol. The van der Waals surface area contributed by atoms with Gasteiger partial charge in [-0.1, -0.05) is 6.07 Å². The third-order valence-corrected chi connectivity index (χ3v) is 6.79. The first-order chi connectivity index (χ1) is 15.1. The lowest BCUT2D eigenvalue weighted by Crippen LogP contribution is -2.50. The number of piperazine rings is 1. The van der Waals surface area contributed by atoms with Crippen LogP contribution in [0.1, 0.15) is 17.3 Å². The molecule has 1 amide bonds. The Morgan fingerprint density at radius 3 is 2.31 bits per heavy atom. The topological polar surface area (TPSA) is 153 Å². The summed E-state index contributed by atoms with van der Waals surface area (Å²) in [5.41, 5.74) is -0.572. The van der Waals surface area contributed by atoms with E-state index in [1.807, 2.05) is 0 Å². The van der Waals surface area contributed by atoms with Gasteiger partial charge in [-0.2, -0.15) is 4.31 Å². The zero-order valence-electron chi connectivity index (χ0n) is 17.0. The van der Waals surface area contributed by atoms with Crippen LogP contribution in [0.4, 0.5) is 11.4 Å². The van der Waals surface area contributed by atoms with E-state index in [1.165, 1.54) is 35.2 Å². The van der Waals surface area contributed by atoms with Crippen LogP contribution in [0.25, 0.3) is 0 Å². The number of non-ortho nitro benzene ring substituents is 1. The number of sulfonamides is 1. The summed E-state index contributed by atoms with van der Waals surface area (Å²) < 4.78 is 32.0. The fraction of sp³-hybridized carbons (Fsp3) is 0.316. The van der Waals surface area contributed by atoms with E-state index < -0.39 is 25.8 Å². The van der Waals surface area contributed by atoms with Gasteiger partial charge in [0, 0.05) is 49.9 Å². The van der Waals surface area contributed by atoms with Crippen molar-refractivity contribution in [3.63, 3.8) is 0 Å². The van der Waals surface area contributed by atoms with Crippen molar-refractivity contribution in [3.05, 3.63) is 68.3 Å². The lowest BCUT2D eigenvalue weighted by atomic mass is 10.1. The van der Waals surface area contributed by atoms with Gasteiger partial charge in [-0.15, -0.1) is 0 Å². The van der Waals surface area contributed by atoms with E-state index in [-0.39, 0.29) is 60.4 Å². The minimum absolute atomic E-state index is 0.0180. The van der Waals surface area contributed by atoms with Crippen LogP contribution in [0.3, 0.4) is 0 Å². The van der Waals surface area contributed by atoms with Crippen molar-refractivity contribution in [3.8, 4) is 5.75 Å². The second kappa shape index (κ2) is 9.28. The summed E-state index contributed by atoms with van der Waals surface area (Å²) in [5, 5.41) is 22.2. The Morgan fingerprint density at radius 1 is 1.03 bits per heavy atom. The van der Waals surface area contributed by atoms with Gasteiger partial charge in [-0.3, -0.25) is 25.0 Å². The van der Waals surface area contributed by atoms with E-state index in [9.17, 15) is 33.4 Å². The van der Waals surface area contributed by atoms with E-state index in [0.717, 1.165) is 16.4 Å². The number of hydrogen-bond acceptors (Lipinski definition) is 8. The number of carbonyl (C=O) groups excluding carboxylic acids is 1. The Kier molecular flexibility index (Phi) is 6.69. The Labute approximate surface area is 183 Å². The number of amides is 1. The molecule has 1 aliphatic rings. The second-order valence-corrected chi connectivity index (χ2v) is 8.76. The first-order valence-electron chi connectivity index (χ1n) is 9.60. The average Bonchev–Trinajstić information content (AvgIpc) is 2.79. The molecule has 0 atom stereocenters. The van der Waals surface area contributed by atoms with Gasteiger partial charge in [0.25, 0.3) is 11.6 Å². The lowest BCUT2D eigenvalue weighted by Gasteiger charge is -2.34. The van der Waals surface area contributed by atoms with E-state index in [4.69, 9.17) is 4.74 Å². The Balaban J connectivity index is 1.73. The van der Waals surface area contributed by atoms with Crippen LogP contribution < -0.4 is 4.74 Å². The van der Waals surface area contributed by atoms with Gasteiger partial charge >= 0.3 is 5.69 Å². The Hall–Kier alpha value is -3.58. The zero-order valence-corrected chi connectivity index (χ0v) is 17.9. The molecule has 1 aliphatic heterocycles.